The molecule has 10 heteroatoms. The average Bonchev–Trinajstić information content (AvgIpc) is 3.17. The molecule has 0 saturated heterocycles. The van der Waals surface area contributed by atoms with Crippen LogP contribution < -0.4 is 10.6 Å². The number of carbonyl (C=O) groups excluding carboxylic acids is 1. The maximum absolute atomic E-state index is 14.4. The summed E-state index contributed by atoms with van der Waals surface area (Å²) in [6, 6.07) is 1.79. The van der Waals surface area contributed by atoms with E-state index in [4.69, 9.17) is 16.3 Å². The molecule has 1 fully saturated rings. The topological polar surface area (TPSA) is 105 Å². The predicted octanol–water partition coefficient (Wildman–Crippen LogP) is 3.55. The lowest BCUT2D eigenvalue weighted by atomic mass is 9.84. The van der Waals surface area contributed by atoms with Gasteiger partial charge in [0.2, 0.25) is 5.91 Å². The van der Waals surface area contributed by atoms with Crippen LogP contribution in [0.25, 0.3) is 22.4 Å². The summed E-state index contributed by atoms with van der Waals surface area (Å²) in [5, 5.41) is 7.40. The van der Waals surface area contributed by atoms with Crippen molar-refractivity contribution in [3.8, 4) is 11.4 Å². The number of aromatic nitrogens is 4. The molecule has 0 unspecified atom stereocenters. The Morgan fingerprint density at radius 1 is 1.32 bits per heavy atom. The molecule has 0 aliphatic heterocycles. The number of ether oxygens (including phenoxy) is 1. The van der Waals surface area contributed by atoms with Crippen LogP contribution in [-0.2, 0) is 9.53 Å². The molecular weight excluding hydrogens is 423 g/mol. The van der Waals surface area contributed by atoms with E-state index >= 15 is 0 Å². The van der Waals surface area contributed by atoms with Crippen LogP contribution in [0.3, 0.4) is 0 Å². The standard InChI is InChI=1S/C21H24ClFN6O2/c1-31-11-18(30)28-17-5-3-2-4-12(17)7-24-21-16(23)10-27-20(29-21)15-9-26-19-14(15)6-13(22)8-25-19/h6,8-10,12,17H,2-5,7,11H2,1H3,(H,25,26)(H,28,30)(H,24,27,29)/t12-,17+/m1/s1. The summed E-state index contributed by atoms with van der Waals surface area (Å²) < 4.78 is 19.3. The molecule has 3 aromatic rings. The fourth-order valence-corrected chi connectivity index (χ4v) is 4.19. The first-order chi connectivity index (χ1) is 15.0. The Kier molecular flexibility index (Phi) is 6.62. The quantitative estimate of drug-likeness (QED) is 0.512. The van der Waals surface area contributed by atoms with Crippen molar-refractivity contribution in [2.75, 3.05) is 25.6 Å². The third-order valence-corrected chi connectivity index (χ3v) is 5.75. The van der Waals surface area contributed by atoms with Gasteiger partial charge in [-0.25, -0.2) is 19.3 Å². The smallest absolute Gasteiger partial charge is 0.246 e. The second kappa shape index (κ2) is 9.57. The molecule has 2 atom stereocenters. The third-order valence-electron chi connectivity index (χ3n) is 5.55. The zero-order chi connectivity index (χ0) is 21.8. The van der Waals surface area contributed by atoms with Crippen LogP contribution in [-0.4, -0.2) is 52.1 Å². The highest BCUT2D eigenvalue weighted by molar-refractivity contribution is 6.31. The summed E-state index contributed by atoms with van der Waals surface area (Å²) >= 11 is 6.07. The second-order valence-electron chi connectivity index (χ2n) is 7.67. The normalized spacial score (nSPS) is 18.8. The molecule has 3 aromatic heterocycles. The lowest BCUT2D eigenvalue weighted by Gasteiger charge is -2.32. The van der Waals surface area contributed by atoms with Crippen molar-refractivity contribution in [3.63, 3.8) is 0 Å². The number of rotatable bonds is 7. The van der Waals surface area contributed by atoms with Crippen molar-refractivity contribution in [2.24, 2.45) is 5.92 Å². The zero-order valence-corrected chi connectivity index (χ0v) is 17.9. The summed E-state index contributed by atoms with van der Waals surface area (Å²) in [6.07, 6.45) is 8.39. The second-order valence-corrected chi connectivity index (χ2v) is 8.11. The number of aromatic amines is 1. The molecule has 0 radical (unpaired) electrons. The highest BCUT2D eigenvalue weighted by Crippen LogP contribution is 2.29. The fraction of sp³-hybridized carbons (Fsp3) is 0.429. The first-order valence-corrected chi connectivity index (χ1v) is 10.6. The van der Waals surface area contributed by atoms with Crippen molar-refractivity contribution in [1.29, 1.82) is 0 Å². The van der Waals surface area contributed by atoms with Gasteiger partial charge in [0.05, 0.1) is 11.2 Å². The number of fused-ring (bicyclic) bond motifs is 1. The van der Waals surface area contributed by atoms with Crippen molar-refractivity contribution in [2.45, 2.75) is 31.7 Å². The maximum atomic E-state index is 14.4. The Morgan fingerprint density at radius 2 is 2.16 bits per heavy atom. The number of amides is 1. The maximum Gasteiger partial charge on any atom is 0.246 e. The molecule has 1 aliphatic carbocycles. The van der Waals surface area contributed by atoms with E-state index in [2.05, 4.69) is 30.6 Å². The monoisotopic (exact) mass is 446 g/mol. The summed E-state index contributed by atoms with van der Waals surface area (Å²) in [7, 11) is 1.49. The van der Waals surface area contributed by atoms with Gasteiger partial charge in [0.15, 0.2) is 17.5 Å². The summed E-state index contributed by atoms with van der Waals surface area (Å²) in [5.74, 6) is -0.00445. The van der Waals surface area contributed by atoms with Crippen molar-refractivity contribution in [1.82, 2.24) is 25.3 Å². The van der Waals surface area contributed by atoms with E-state index in [9.17, 15) is 9.18 Å². The van der Waals surface area contributed by atoms with Crippen LogP contribution in [0.15, 0.2) is 24.7 Å². The van der Waals surface area contributed by atoms with Crippen LogP contribution in [0.4, 0.5) is 10.2 Å². The average molecular weight is 447 g/mol. The molecule has 31 heavy (non-hydrogen) atoms. The van der Waals surface area contributed by atoms with Gasteiger partial charge in [-0.2, -0.15) is 0 Å². The van der Waals surface area contributed by atoms with Gasteiger partial charge in [-0.3, -0.25) is 4.79 Å². The Bertz CT molecular complexity index is 1080. The fourth-order valence-electron chi connectivity index (χ4n) is 4.03. The minimum absolute atomic E-state index is 0.0232. The number of H-pyrrole nitrogens is 1. The molecular formula is C21H24ClFN6O2. The lowest BCUT2D eigenvalue weighted by molar-refractivity contribution is -0.126. The van der Waals surface area contributed by atoms with E-state index < -0.39 is 5.82 Å². The van der Waals surface area contributed by atoms with E-state index in [1.54, 1.807) is 18.5 Å². The minimum atomic E-state index is -0.532. The Morgan fingerprint density at radius 3 is 3.00 bits per heavy atom. The van der Waals surface area contributed by atoms with Crippen LogP contribution in [0.5, 0.6) is 0 Å². The molecule has 164 valence electrons. The van der Waals surface area contributed by atoms with Gasteiger partial charge in [-0.15, -0.1) is 0 Å². The predicted molar refractivity (Wildman–Crippen MR) is 116 cm³/mol. The minimum Gasteiger partial charge on any atom is -0.375 e. The molecule has 1 saturated carbocycles. The summed E-state index contributed by atoms with van der Waals surface area (Å²) in [6.45, 7) is 0.524. The molecule has 1 aliphatic rings. The van der Waals surface area contributed by atoms with Crippen molar-refractivity contribution in [3.05, 3.63) is 35.5 Å². The number of methoxy groups -OCH3 is 1. The van der Waals surface area contributed by atoms with Crippen LogP contribution >= 0.6 is 11.6 Å². The van der Waals surface area contributed by atoms with E-state index in [0.717, 1.165) is 37.3 Å². The van der Waals surface area contributed by atoms with Gasteiger partial charge in [-0.05, 0) is 24.8 Å². The molecule has 0 spiro atoms. The summed E-state index contributed by atoms with van der Waals surface area (Å²) in [4.78, 5) is 27.8. The van der Waals surface area contributed by atoms with Crippen LogP contribution in [0.1, 0.15) is 25.7 Å². The molecule has 8 nitrogen and oxygen atoms in total. The van der Waals surface area contributed by atoms with Gasteiger partial charge in [0.25, 0.3) is 0 Å². The van der Waals surface area contributed by atoms with Gasteiger partial charge in [0, 0.05) is 43.0 Å². The summed E-state index contributed by atoms with van der Waals surface area (Å²) in [5.41, 5.74) is 1.34. The Labute approximate surface area is 184 Å². The van der Waals surface area contributed by atoms with E-state index in [1.165, 1.54) is 7.11 Å². The van der Waals surface area contributed by atoms with E-state index in [1.807, 2.05) is 0 Å². The zero-order valence-electron chi connectivity index (χ0n) is 17.1. The lowest BCUT2D eigenvalue weighted by Crippen LogP contribution is -2.45. The van der Waals surface area contributed by atoms with E-state index in [-0.39, 0.29) is 30.3 Å². The molecule has 3 N–H and O–H groups in total. The van der Waals surface area contributed by atoms with Crippen LogP contribution in [0.2, 0.25) is 5.02 Å². The van der Waals surface area contributed by atoms with Crippen molar-refractivity contribution < 1.29 is 13.9 Å². The van der Waals surface area contributed by atoms with Crippen molar-refractivity contribution >= 4 is 34.4 Å². The Hall–Kier alpha value is -2.78. The molecule has 0 aromatic carbocycles. The SMILES string of the molecule is COCC(=O)N[C@H]1CCCC[C@@H]1CNc1nc(-c2c[nH]c3ncc(Cl)cc23)ncc1F. The molecule has 0 bridgehead atoms. The number of nitrogens with zero attached hydrogens (tertiary/aromatic N) is 3. The number of carbonyl (C=O) groups is 1. The number of pyridine rings is 1. The van der Waals surface area contributed by atoms with Gasteiger partial charge >= 0.3 is 0 Å². The third kappa shape index (κ3) is 4.94. The first kappa shape index (κ1) is 21.5. The highest BCUT2D eigenvalue weighted by atomic mass is 35.5. The molecule has 1 amide bonds. The van der Waals surface area contributed by atoms with E-state index in [0.29, 0.717) is 28.6 Å². The first-order valence-electron chi connectivity index (χ1n) is 10.2. The highest BCUT2D eigenvalue weighted by Gasteiger charge is 2.27. The number of halogens is 2. The van der Waals surface area contributed by atoms with Gasteiger partial charge in [0.1, 0.15) is 12.3 Å². The molecule has 3 heterocycles. The number of hydrogen-bond donors (Lipinski definition) is 3. The largest absolute Gasteiger partial charge is 0.375 e. The number of anilines is 1. The Balaban J connectivity index is 1.51. The van der Waals surface area contributed by atoms with Gasteiger partial charge < -0.3 is 20.4 Å². The van der Waals surface area contributed by atoms with Crippen LogP contribution in [0, 0.1) is 11.7 Å². The molecule has 4 rings (SSSR count). The number of hydrogen-bond acceptors (Lipinski definition) is 6. The van der Waals surface area contributed by atoms with Gasteiger partial charge in [-0.1, -0.05) is 24.4 Å². The number of nitrogens with one attached hydrogen (secondary N) is 3.